The first-order valence-electron chi connectivity index (χ1n) is 10.5. The van der Waals surface area contributed by atoms with E-state index in [0.717, 1.165) is 0 Å². The number of hydrogen-bond acceptors (Lipinski definition) is 7. The molecule has 1 heterocycles. The molecule has 1 fully saturated rings. The highest BCUT2D eigenvalue weighted by atomic mass is 32.2. The lowest BCUT2D eigenvalue weighted by molar-refractivity contribution is -0.384. The van der Waals surface area contributed by atoms with E-state index < -0.39 is 26.7 Å². The first-order valence-corrected chi connectivity index (χ1v) is 11.9. The predicted octanol–water partition coefficient (Wildman–Crippen LogP) is 3.80. The molecular weight excluding hydrogens is 481 g/mol. The van der Waals surface area contributed by atoms with E-state index in [1.54, 1.807) is 0 Å². The normalized spacial score (nSPS) is 14.3. The molecule has 1 N–H and O–H groups in total. The molecule has 12 heteroatoms. The molecule has 3 aromatic rings. The number of morpholine rings is 1. The number of sulfonamides is 1. The van der Waals surface area contributed by atoms with Crippen molar-refractivity contribution in [1.29, 1.82) is 0 Å². The summed E-state index contributed by atoms with van der Waals surface area (Å²) in [6.45, 7) is 0.935. The molecular formula is C23H20FN3O7S. The standard InChI is InChI=1S/C23H20FN3O7S/c24-17-3-7-19(8-4-17)34-22-10-9-20(35(31,32)26-11-13-33-14-12-26)15-21(22)25-23(28)16-1-5-18(6-2-16)27(29)30/h1-10,15H,11-14H2,(H,25,28). The quantitative estimate of drug-likeness (QED) is 0.385. The van der Waals surface area contributed by atoms with Crippen molar-refractivity contribution in [3.8, 4) is 11.5 Å². The number of rotatable bonds is 7. The third kappa shape index (κ3) is 5.62. The number of hydrogen-bond donors (Lipinski definition) is 1. The van der Waals surface area contributed by atoms with E-state index in [0.29, 0.717) is 0 Å². The van der Waals surface area contributed by atoms with Gasteiger partial charge in [0.15, 0.2) is 5.75 Å². The second-order valence-electron chi connectivity index (χ2n) is 7.49. The third-order valence-electron chi connectivity index (χ3n) is 5.19. The highest BCUT2D eigenvalue weighted by Crippen LogP contribution is 2.33. The van der Waals surface area contributed by atoms with Gasteiger partial charge in [-0.05, 0) is 54.6 Å². The van der Waals surface area contributed by atoms with Crippen molar-refractivity contribution in [2.24, 2.45) is 0 Å². The molecule has 0 atom stereocenters. The number of anilines is 1. The maximum atomic E-state index is 13.3. The molecule has 1 saturated heterocycles. The zero-order chi connectivity index (χ0) is 25.0. The van der Waals surface area contributed by atoms with Crippen LogP contribution in [0.2, 0.25) is 0 Å². The molecule has 35 heavy (non-hydrogen) atoms. The maximum Gasteiger partial charge on any atom is 0.269 e. The van der Waals surface area contributed by atoms with Gasteiger partial charge in [-0.1, -0.05) is 0 Å². The summed E-state index contributed by atoms with van der Waals surface area (Å²) in [5.74, 6) is -0.713. The number of amides is 1. The molecule has 0 saturated carbocycles. The molecule has 0 bridgehead atoms. The summed E-state index contributed by atoms with van der Waals surface area (Å²) in [6, 6.07) is 14.1. The number of carbonyl (C=O) groups excluding carboxylic acids is 1. The van der Waals surface area contributed by atoms with Gasteiger partial charge in [0.05, 0.1) is 28.7 Å². The van der Waals surface area contributed by atoms with Crippen molar-refractivity contribution in [2.45, 2.75) is 4.90 Å². The number of ether oxygens (including phenoxy) is 2. The number of carbonyl (C=O) groups is 1. The van der Waals surface area contributed by atoms with Gasteiger partial charge in [-0.15, -0.1) is 0 Å². The molecule has 0 aromatic heterocycles. The second-order valence-corrected chi connectivity index (χ2v) is 9.43. The second kappa shape index (κ2) is 10.2. The minimum Gasteiger partial charge on any atom is -0.455 e. The number of nitrogens with zero attached hydrogens (tertiary/aromatic N) is 2. The average Bonchev–Trinajstić information content (AvgIpc) is 2.87. The van der Waals surface area contributed by atoms with Crippen LogP contribution < -0.4 is 10.1 Å². The summed E-state index contributed by atoms with van der Waals surface area (Å²) in [7, 11) is -3.87. The Morgan fingerprint density at radius 2 is 1.69 bits per heavy atom. The fourth-order valence-electron chi connectivity index (χ4n) is 3.35. The fraction of sp³-hybridized carbons (Fsp3) is 0.174. The molecule has 0 spiro atoms. The van der Waals surface area contributed by atoms with Crippen molar-refractivity contribution in [2.75, 3.05) is 31.6 Å². The first kappa shape index (κ1) is 24.3. The number of benzene rings is 3. The van der Waals surface area contributed by atoms with Gasteiger partial charge in [-0.3, -0.25) is 14.9 Å². The summed E-state index contributed by atoms with van der Waals surface area (Å²) >= 11 is 0. The van der Waals surface area contributed by atoms with E-state index in [1.165, 1.54) is 71.0 Å². The Labute approximate surface area is 200 Å². The van der Waals surface area contributed by atoms with Gasteiger partial charge in [0.25, 0.3) is 11.6 Å². The van der Waals surface area contributed by atoms with Crippen LogP contribution in [0.1, 0.15) is 10.4 Å². The van der Waals surface area contributed by atoms with Crippen LogP contribution in [-0.2, 0) is 14.8 Å². The lowest BCUT2D eigenvalue weighted by Crippen LogP contribution is -2.40. The van der Waals surface area contributed by atoms with Crippen molar-refractivity contribution in [1.82, 2.24) is 4.31 Å². The van der Waals surface area contributed by atoms with Crippen LogP contribution in [0.5, 0.6) is 11.5 Å². The number of halogens is 1. The highest BCUT2D eigenvalue weighted by molar-refractivity contribution is 7.89. The third-order valence-corrected chi connectivity index (χ3v) is 7.08. The Hall–Kier alpha value is -3.87. The topological polar surface area (TPSA) is 128 Å². The number of non-ortho nitro benzene ring substituents is 1. The Kier molecular flexibility index (Phi) is 7.05. The smallest absolute Gasteiger partial charge is 0.269 e. The van der Waals surface area contributed by atoms with Crippen LogP contribution in [0.15, 0.2) is 71.6 Å². The fourth-order valence-corrected chi connectivity index (χ4v) is 4.79. The molecule has 3 aromatic carbocycles. The van der Waals surface area contributed by atoms with Crippen molar-refractivity contribution < 1.29 is 32.0 Å². The molecule has 10 nitrogen and oxygen atoms in total. The van der Waals surface area contributed by atoms with Crippen LogP contribution in [0.3, 0.4) is 0 Å². The van der Waals surface area contributed by atoms with Crippen LogP contribution in [-0.4, -0.2) is 49.9 Å². The molecule has 182 valence electrons. The predicted molar refractivity (Wildman–Crippen MR) is 124 cm³/mol. The van der Waals surface area contributed by atoms with Gasteiger partial charge in [0.1, 0.15) is 11.6 Å². The van der Waals surface area contributed by atoms with Gasteiger partial charge < -0.3 is 14.8 Å². The molecule has 4 rings (SSSR count). The largest absolute Gasteiger partial charge is 0.455 e. The van der Waals surface area contributed by atoms with E-state index in [9.17, 15) is 27.7 Å². The monoisotopic (exact) mass is 501 g/mol. The van der Waals surface area contributed by atoms with Crippen LogP contribution >= 0.6 is 0 Å². The Balaban J connectivity index is 1.67. The maximum absolute atomic E-state index is 13.3. The van der Waals surface area contributed by atoms with Gasteiger partial charge >= 0.3 is 0 Å². The van der Waals surface area contributed by atoms with Gasteiger partial charge in [0.2, 0.25) is 10.0 Å². The van der Waals surface area contributed by atoms with Gasteiger partial charge in [0, 0.05) is 30.8 Å². The van der Waals surface area contributed by atoms with Gasteiger partial charge in [-0.2, -0.15) is 4.31 Å². The summed E-state index contributed by atoms with van der Waals surface area (Å²) in [4.78, 5) is 23.1. The Morgan fingerprint density at radius 3 is 2.31 bits per heavy atom. The van der Waals surface area contributed by atoms with Crippen molar-refractivity contribution in [3.63, 3.8) is 0 Å². The Morgan fingerprint density at radius 1 is 1.03 bits per heavy atom. The lowest BCUT2D eigenvalue weighted by Gasteiger charge is -2.26. The van der Waals surface area contributed by atoms with E-state index in [-0.39, 0.29) is 59.6 Å². The van der Waals surface area contributed by atoms with Crippen LogP contribution in [0.4, 0.5) is 15.8 Å². The molecule has 1 amide bonds. The number of nitrogens with one attached hydrogen (secondary N) is 1. The van der Waals surface area contributed by atoms with E-state index >= 15 is 0 Å². The van der Waals surface area contributed by atoms with E-state index in [2.05, 4.69) is 5.32 Å². The molecule has 0 unspecified atom stereocenters. The molecule has 0 radical (unpaired) electrons. The number of nitro benzene ring substituents is 1. The SMILES string of the molecule is O=C(Nc1cc(S(=O)(=O)N2CCOCC2)ccc1Oc1ccc(F)cc1)c1ccc([N+](=O)[O-])cc1. The van der Waals surface area contributed by atoms with E-state index in [1.807, 2.05) is 0 Å². The lowest BCUT2D eigenvalue weighted by atomic mass is 10.2. The number of nitro groups is 1. The molecule has 1 aliphatic heterocycles. The summed E-state index contributed by atoms with van der Waals surface area (Å²) in [5.41, 5.74) is -0.0164. The first-order chi connectivity index (χ1) is 16.7. The van der Waals surface area contributed by atoms with Crippen molar-refractivity contribution in [3.05, 3.63) is 88.2 Å². The van der Waals surface area contributed by atoms with Gasteiger partial charge in [-0.25, -0.2) is 12.8 Å². The van der Waals surface area contributed by atoms with Crippen LogP contribution in [0.25, 0.3) is 0 Å². The summed E-state index contributed by atoms with van der Waals surface area (Å²) in [5, 5.41) is 13.5. The zero-order valence-corrected chi connectivity index (χ0v) is 19.0. The average molecular weight is 501 g/mol. The molecule has 0 aliphatic carbocycles. The minimum absolute atomic E-state index is 0.0482. The van der Waals surface area contributed by atoms with E-state index in [4.69, 9.17) is 9.47 Å². The zero-order valence-electron chi connectivity index (χ0n) is 18.2. The molecule has 1 aliphatic rings. The summed E-state index contributed by atoms with van der Waals surface area (Å²) in [6.07, 6.45) is 0. The Bertz CT molecular complexity index is 1340. The van der Waals surface area contributed by atoms with Crippen molar-refractivity contribution >= 4 is 27.3 Å². The van der Waals surface area contributed by atoms with Crippen LogP contribution in [0, 0.1) is 15.9 Å². The summed E-state index contributed by atoms with van der Waals surface area (Å²) < 4.78 is 51.8. The minimum atomic E-state index is -3.87. The highest BCUT2D eigenvalue weighted by Gasteiger charge is 2.27.